The molecule has 1 unspecified atom stereocenters. The summed E-state index contributed by atoms with van der Waals surface area (Å²) in [5.74, 6) is 0.587. The Morgan fingerprint density at radius 2 is 1.76 bits per heavy atom. The fourth-order valence-electron chi connectivity index (χ4n) is 2.33. The minimum Gasteiger partial charge on any atom is -0.489 e. The molecule has 136 valence electrons. The lowest BCUT2D eigenvalue weighted by Gasteiger charge is -2.25. The van der Waals surface area contributed by atoms with Gasteiger partial charge < -0.3 is 14.8 Å². The van der Waals surface area contributed by atoms with Gasteiger partial charge in [-0.15, -0.1) is 0 Å². The molecule has 0 aliphatic heterocycles. The molecule has 0 aromatic heterocycles. The van der Waals surface area contributed by atoms with Crippen LogP contribution < -0.4 is 10.1 Å². The van der Waals surface area contributed by atoms with E-state index in [-0.39, 0.29) is 12.1 Å². The van der Waals surface area contributed by atoms with Gasteiger partial charge in [-0.05, 0) is 32.2 Å². The number of esters is 1. The maximum Gasteiger partial charge on any atom is 0.311 e. The lowest BCUT2D eigenvalue weighted by atomic mass is 9.97. The molecule has 0 bridgehead atoms. The molecule has 1 N–H and O–H groups in total. The maximum absolute atomic E-state index is 12.2. The summed E-state index contributed by atoms with van der Waals surface area (Å²) in [7, 11) is 0. The molecule has 0 saturated carbocycles. The molecule has 25 heavy (non-hydrogen) atoms. The van der Waals surface area contributed by atoms with Crippen molar-refractivity contribution in [2.45, 2.75) is 46.8 Å². The third-order valence-electron chi connectivity index (χ3n) is 3.81. The number of fused-ring (bicyclic) bond motifs is 1. The minimum absolute atomic E-state index is 0.218. The predicted molar refractivity (Wildman–Crippen MR) is 102 cm³/mol. The van der Waals surface area contributed by atoms with Crippen LogP contribution in [0.1, 0.15) is 34.6 Å². The van der Waals surface area contributed by atoms with E-state index in [2.05, 4.69) is 31.3 Å². The van der Waals surface area contributed by atoms with E-state index in [4.69, 9.17) is 9.47 Å². The molecule has 0 spiro atoms. The van der Waals surface area contributed by atoms with Crippen molar-refractivity contribution < 1.29 is 14.3 Å². The monoisotopic (exact) mass is 343 g/mol. The maximum atomic E-state index is 12.2. The molecule has 0 saturated heterocycles. The van der Waals surface area contributed by atoms with Crippen molar-refractivity contribution in [3.05, 3.63) is 42.5 Å². The van der Waals surface area contributed by atoms with Crippen LogP contribution in [0.15, 0.2) is 42.5 Å². The highest BCUT2D eigenvalue weighted by atomic mass is 16.6. The molecule has 4 nitrogen and oxygen atoms in total. The van der Waals surface area contributed by atoms with Gasteiger partial charge in [0, 0.05) is 18.0 Å². The molecule has 0 heterocycles. The summed E-state index contributed by atoms with van der Waals surface area (Å²) in [6.07, 6.45) is -0.340. The van der Waals surface area contributed by atoms with E-state index in [9.17, 15) is 4.79 Å². The number of rotatable bonds is 7. The molecule has 0 aliphatic rings. The van der Waals surface area contributed by atoms with Crippen LogP contribution in [-0.2, 0) is 9.53 Å². The molecular weight excluding hydrogens is 314 g/mol. The zero-order valence-electron chi connectivity index (χ0n) is 15.8. The Morgan fingerprint density at radius 1 is 1.08 bits per heavy atom. The van der Waals surface area contributed by atoms with E-state index in [1.807, 2.05) is 51.1 Å². The molecule has 1 atom stereocenters. The number of hydrogen-bond donors (Lipinski definition) is 1. The first-order valence-electron chi connectivity index (χ1n) is 8.82. The van der Waals surface area contributed by atoms with E-state index >= 15 is 0 Å². The van der Waals surface area contributed by atoms with Gasteiger partial charge >= 0.3 is 5.97 Å². The Labute approximate surface area is 150 Å². The smallest absolute Gasteiger partial charge is 0.311 e. The number of nitrogens with one attached hydrogen (secondary N) is 1. The molecule has 4 heteroatoms. The van der Waals surface area contributed by atoms with Crippen molar-refractivity contribution in [3.63, 3.8) is 0 Å². The van der Waals surface area contributed by atoms with Crippen molar-refractivity contribution in [2.75, 3.05) is 13.2 Å². The number of ether oxygens (including phenoxy) is 2. The highest BCUT2D eigenvalue weighted by molar-refractivity contribution is 5.88. The highest BCUT2D eigenvalue weighted by Crippen LogP contribution is 2.25. The van der Waals surface area contributed by atoms with Gasteiger partial charge in [0.15, 0.2) is 0 Å². The van der Waals surface area contributed by atoms with Gasteiger partial charge in [0.1, 0.15) is 18.5 Å². The quantitative estimate of drug-likeness (QED) is 0.766. The number of carbonyl (C=O) groups excluding carboxylic acids is 1. The molecular formula is C21H29NO3. The number of carbonyl (C=O) groups is 1. The van der Waals surface area contributed by atoms with E-state index in [1.165, 1.54) is 0 Å². The van der Waals surface area contributed by atoms with E-state index in [1.54, 1.807) is 0 Å². The Bertz CT molecular complexity index is 698. The fourth-order valence-corrected chi connectivity index (χ4v) is 2.33. The molecule has 0 amide bonds. The van der Waals surface area contributed by atoms with Crippen LogP contribution in [0.3, 0.4) is 0 Å². The summed E-state index contributed by atoms with van der Waals surface area (Å²) in [5.41, 5.74) is -0.532. The zero-order chi connectivity index (χ0) is 18.4. The lowest BCUT2D eigenvalue weighted by molar-refractivity contribution is -0.159. The molecule has 0 fully saturated rings. The highest BCUT2D eigenvalue weighted by Gasteiger charge is 2.26. The van der Waals surface area contributed by atoms with Crippen molar-refractivity contribution in [3.8, 4) is 5.75 Å². The van der Waals surface area contributed by atoms with Crippen LogP contribution in [-0.4, -0.2) is 31.3 Å². The topological polar surface area (TPSA) is 47.6 Å². The Balaban J connectivity index is 2.08. The van der Waals surface area contributed by atoms with E-state index in [0.29, 0.717) is 19.2 Å². The summed E-state index contributed by atoms with van der Waals surface area (Å²) in [6.45, 7) is 10.6. The summed E-state index contributed by atoms with van der Waals surface area (Å²) < 4.78 is 11.7. The van der Waals surface area contributed by atoms with Crippen LogP contribution in [0.2, 0.25) is 0 Å². The second kappa shape index (κ2) is 8.34. The van der Waals surface area contributed by atoms with Gasteiger partial charge in [0.25, 0.3) is 0 Å². The zero-order valence-corrected chi connectivity index (χ0v) is 15.8. The van der Waals surface area contributed by atoms with Gasteiger partial charge in [0.05, 0.1) is 5.41 Å². The predicted octanol–water partition coefficient (Wildman–Crippen LogP) is 4.17. The van der Waals surface area contributed by atoms with Gasteiger partial charge in [-0.2, -0.15) is 0 Å². The summed E-state index contributed by atoms with van der Waals surface area (Å²) in [4.78, 5) is 12.2. The molecule has 0 aliphatic carbocycles. The third-order valence-corrected chi connectivity index (χ3v) is 3.81. The fraction of sp³-hybridized carbons (Fsp3) is 0.476. The molecule has 2 rings (SSSR count). The molecule has 2 aromatic rings. The van der Waals surface area contributed by atoms with Gasteiger partial charge in [-0.25, -0.2) is 0 Å². The Morgan fingerprint density at radius 3 is 2.44 bits per heavy atom. The first kappa shape index (κ1) is 19.3. The van der Waals surface area contributed by atoms with E-state index < -0.39 is 5.41 Å². The average Bonchev–Trinajstić information content (AvgIpc) is 2.56. The number of hydrogen-bond acceptors (Lipinski definition) is 4. The second-order valence-electron chi connectivity index (χ2n) is 7.63. The third kappa shape index (κ3) is 5.75. The first-order chi connectivity index (χ1) is 11.8. The van der Waals surface area contributed by atoms with Crippen LogP contribution in [0.4, 0.5) is 0 Å². The van der Waals surface area contributed by atoms with Gasteiger partial charge in [0.2, 0.25) is 0 Å². The van der Waals surface area contributed by atoms with Crippen LogP contribution >= 0.6 is 0 Å². The summed E-state index contributed by atoms with van der Waals surface area (Å²) in [6, 6.07) is 14.4. The largest absolute Gasteiger partial charge is 0.489 e. The Hall–Kier alpha value is -2.07. The van der Waals surface area contributed by atoms with Crippen LogP contribution in [0.5, 0.6) is 5.75 Å². The lowest BCUT2D eigenvalue weighted by Crippen LogP contribution is -2.40. The summed E-state index contributed by atoms with van der Waals surface area (Å²) >= 11 is 0. The standard InChI is InChI=1S/C21H29NO3/c1-15(2)22-13-17(25-20(23)21(3,4)5)14-24-19-12-8-10-16-9-6-7-11-18(16)19/h6-12,15,17,22H,13-14H2,1-5H3. The Kier molecular flexibility index (Phi) is 6.43. The normalized spacial score (nSPS) is 13.0. The van der Waals surface area contributed by atoms with Crippen molar-refractivity contribution in [2.24, 2.45) is 5.41 Å². The minimum atomic E-state index is -0.532. The summed E-state index contributed by atoms with van der Waals surface area (Å²) in [5, 5.41) is 5.50. The van der Waals surface area contributed by atoms with Crippen LogP contribution in [0.25, 0.3) is 10.8 Å². The van der Waals surface area contributed by atoms with E-state index in [0.717, 1.165) is 16.5 Å². The molecule has 0 radical (unpaired) electrons. The van der Waals surface area contributed by atoms with Crippen molar-refractivity contribution in [1.29, 1.82) is 0 Å². The van der Waals surface area contributed by atoms with Gasteiger partial charge in [-0.3, -0.25) is 4.79 Å². The van der Waals surface area contributed by atoms with Crippen molar-refractivity contribution in [1.82, 2.24) is 5.32 Å². The molecule has 2 aromatic carbocycles. The average molecular weight is 343 g/mol. The van der Waals surface area contributed by atoms with Gasteiger partial charge in [-0.1, -0.05) is 50.2 Å². The SMILES string of the molecule is CC(C)NCC(COc1cccc2ccccc12)OC(=O)C(C)(C)C. The first-order valence-corrected chi connectivity index (χ1v) is 8.82. The number of benzene rings is 2. The van der Waals surface area contributed by atoms with Crippen molar-refractivity contribution >= 4 is 16.7 Å². The second-order valence-corrected chi connectivity index (χ2v) is 7.63. The van der Waals surface area contributed by atoms with Crippen LogP contribution in [0, 0.1) is 5.41 Å².